The lowest BCUT2D eigenvalue weighted by Gasteiger charge is -2.30. The largest absolute Gasteiger partial charge is 0.356 e. The molecule has 5 nitrogen and oxygen atoms in total. The first-order valence-corrected chi connectivity index (χ1v) is 10.9. The third kappa shape index (κ3) is 6.50. The number of likely N-dealkylation sites (tertiary alicyclic amines) is 1. The SMILES string of the molecule is CN=C(NCC1CCCCC1C)NC1CCN(C(=O)C2CCCCC2)C1.I. The second-order valence-corrected chi connectivity index (χ2v) is 8.72. The maximum atomic E-state index is 12.7. The molecule has 0 aromatic heterocycles. The van der Waals surface area contributed by atoms with Crippen LogP contribution >= 0.6 is 24.0 Å². The third-order valence-corrected chi connectivity index (χ3v) is 6.84. The summed E-state index contributed by atoms with van der Waals surface area (Å²) in [7, 11) is 1.85. The zero-order valence-corrected chi connectivity index (χ0v) is 19.5. The highest BCUT2D eigenvalue weighted by Gasteiger charge is 2.32. The van der Waals surface area contributed by atoms with Gasteiger partial charge in [0.05, 0.1) is 0 Å². The number of halogens is 1. The third-order valence-electron chi connectivity index (χ3n) is 6.84. The molecule has 1 aliphatic heterocycles. The molecule has 0 aromatic carbocycles. The maximum Gasteiger partial charge on any atom is 0.225 e. The van der Waals surface area contributed by atoms with Gasteiger partial charge in [0.2, 0.25) is 5.91 Å². The van der Waals surface area contributed by atoms with E-state index in [1.165, 1.54) is 44.9 Å². The van der Waals surface area contributed by atoms with Gasteiger partial charge in [0.25, 0.3) is 0 Å². The quantitative estimate of drug-likeness (QED) is 0.358. The predicted octanol–water partition coefficient (Wildman–Crippen LogP) is 3.78. The first-order valence-electron chi connectivity index (χ1n) is 10.9. The minimum absolute atomic E-state index is 0. The Hall–Kier alpha value is -0.530. The maximum absolute atomic E-state index is 12.7. The summed E-state index contributed by atoms with van der Waals surface area (Å²) in [5, 5.41) is 7.09. The summed E-state index contributed by atoms with van der Waals surface area (Å²) in [6, 6.07) is 0.331. The van der Waals surface area contributed by atoms with Crippen molar-refractivity contribution in [3.05, 3.63) is 0 Å². The van der Waals surface area contributed by atoms with Crippen LogP contribution in [0, 0.1) is 17.8 Å². The first kappa shape index (κ1) is 22.8. The second-order valence-electron chi connectivity index (χ2n) is 8.72. The van der Waals surface area contributed by atoms with E-state index in [1.807, 2.05) is 7.05 Å². The zero-order chi connectivity index (χ0) is 18.4. The van der Waals surface area contributed by atoms with Crippen molar-refractivity contribution in [2.75, 3.05) is 26.7 Å². The molecule has 3 aliphatic rings. The predicted molar refractivity (Wildman–Crippen MR) is 123 cm³/mol. The van der Waals surface area contributed by atoms with Crippen molar-refractivity contribution in [3.8, 4) is 0 Å². The zero-order valence-electron chi connectivity index (χ0n) is 17.2. The molecule has 1 saturated heterocycles. The fourth-order valence-corrected chi connectivity index (χ4v) is 5.00. The molecule has 2 N–H and O–H groups in total. The number of carbonyl (C=O) groups is 1. The van der Waals surface area contributed by atoms with Gasteiger partial charge in [-0.1, -0.05) is 45.4 Å². The van der Waals surface area contributed by atoms with Gasteiger partial charge < -0.3 is 15.5 Å². The molecule has 0 radical (unpaired) electrons. The molecule has 1 heterocycles. The van der Waals surface area contributed by atoms with Crippen molar-refractivity contribution in [3.63, 3.8) is 0 Å². The number of guanidine groups is 1. The monoisotopic (exact) mass is 490 g/mol. The highest BCUT2D eigenvalue weighted by molar-refractivity contribution is 14.0. The van der Waals surface area contributed by atoms with Gasteiger partial charge in [-0.15, -0.1) is 24.0 Å². The Bertz CT molecular complexity index is 493. The smallest absolute Gasteiger partial charge is 0.225 e. The summed E-state index contributed by atoms with van der Waals surface area (Å²) < 4.78 is 0. The fourth-order valence-electron chi connectivity index (χ4n) is 5.00. The number of hydrogen-bond donors (Lipinski definition) is 2. The normalized spacial score (nSPS) is 29.9. The lowest BCUT2D eigenvalue weighted by molar-refractivity contribution is -0.135. The van der Waals surface area contributed by atoms with E-state index in [4.69, 9.17) is 0 Å². The fraction of sp³-hybridized carbons (Fsp3) is 0.905. The highest BCUT2D eigenvalue weighted by Crippen LogP contribution is 2.29. The van der Waals surface area contributed by atoms with E-state index < -0.39 is 0 Å². The molecule has 0 spiro atoms. The molecule has 27 heavy (non-hydrogen) atoms. The Morgan fingerprint density at radius 1 is 1.04 bits per heavy atom. The molecular weight excluding hydrogens is 451 g/mol. The van der Waals surface area contributed by atoms with Gasteiger partial charge in [0, 0.05) is 38.6 Å². The van der Waals surface area contributed by atoms with Gasteiger partial charge in [-0.25, -0.2) is 0 Å². The average Bonchev–Trinajstić information content (AvgIpc) is 3.15. The van der Waals surface area contributed by atoms with E-state index in [0.29, 0.717) is 11.9 Å². The summed E-state index contributed by atoms with van der Waals surface area (Å²) in [6.07, 6.45) is 12.4. The van der Waals surface area contributed by atoms with E-state index in [9.17, 15) is 4.79 Å². The number of nitrogens with one attached hydrogen (secondary N) is 2. The van der Waals surface area contributed by atoms with Crippen LogP contribution in [0.2, 0.25) is 0 Å². The van der Waals surface area contributed by atoms with Crippen LogP contribution in [0.15, 0.2) is 4.99 Å². The van der Waals surface area contributed by atoms with Gasteiger partial charge in [-0.2, -0.15) is 0 Å². The van der Waals surface area contributed by atoms with E-state index in [1.54, 1.807) is 0 Å². The van der Waals surface area contributed by atoms with E-state index in [-0.39, 0.29) is 29.9 Å². The van der Waals surface area contributed by atoms with Crippen molar-refractivity contribution in [2.24, 2.45) is 22.7 Å². The summed E-state index contributed by atoms with van der Waals surface area (Å²) in [4.78, 5) is 19.2. The Morgan fingerprint density at radius 3 is 2.44 bits per heavy atom. The molecule has 3 rings (SSSR count). The highest BCUT2D eigenvalue weighted by atomic mass is 127. The van der Waals surface area contributed by atoms with Crippen LogP contribution in [0.1, 0.15) is 71.1 Å². The lowest BCUT2D eigenvalue weighted by atomic mass is 9.80. The summed E-state index contributed by atoms with van der Waals surface area (Å²) in [5.74, 6) is 3.15. The van der Waals surface area contributed by atoms with E-state index >= 15 is 0 Å². The molecular formula is C21H39IN4O. The van der Waals surface area contributed by atoms with Crippen molar-refractivity contribution in [2.45, 2.75) is 77.2 Å². The lowest BCUT2D eigenvalue weighted by Crippen LogP contribution is -2.47. The molecule has 0 bridgehead atoms. The Balaban J connectivity index is 0.00000261. The van der Waals surface area contributed by atoms with Crippen LogP contribution < -0.4 is 10.6 Å². The Kier molecular flexibility index (Phi) is 9.66. The van der Waals surface area contributed by atoms with Gasteiger partial charge >= 0.3 is 0 Å². The minimum atomic E-state index is 0. The van der Waals surface area contributed by atoms with Crippen LogP contribution in [-0.4, -0.2) is 49.5 Å². The average molecular weight is 490 g/mol. The van der Waals surface area contributed by atoms with Gasteiger partial charge in [-0.05, 0) is 37.5 Å². The van der Waals surface area contributed by atoms with Crippen LogP contribution in [0.5, 0.6) is 0 Å². The van der Waals surface area contributed by atoms with Crippen LogP contribution in [0.4, 0.5) is 0 Å². The van der Waals surface area contributed by atoms with E-state index in [0.717, 1.165) is 56.7 Å². The summed E-state index contributed by atoms with van der Waals surface area (Å²) >= 11 is 0. The molecule has 1 amide bonds. The van der Waals surface area contributed by atoms with Gasteiger partial charge in [-0.3, -0.25) is 9.79 Å². The molecule has 2 aliphatic carbocycles. The van der Waals surface area contributed by atoms with Gasteiger partial charge in [0.1, 0.15) is 0 Å². The Labute approximate surface area is 182 Å². The molecule has 156 valence electrons. The van der Waals surface area contributed by atoms with Crippen LogP contribution in [0.3, 0.4) is 0 Å². The van der Waals surface area contributed by atoms with Crippen LogP contribution in [-0.2, 0) is 4.79 Å². The van der Waals surface area contributed by atoms with Gasteiger partial charge in [0.15, 0.2) is 5.96 Å². The molecule has 0 aromatic rings. The number of amides is 1. The Morgan fingerprint density at radius 2 is 1.74 bits per heavy atom. The van der Waals surface area contributed by atoms with Crippen LogP contribution in [0.25, 0.3) is 0 Å². The van der Waals surface area contributed by atoms with Crippen molar-refractivity contribution < 1.29 is 4.79 Å². The summed E-state index contributed by atoms with van der Waals surface area (Å²) in [6.45, 7) is 5.12. The minimum Gasteiger partial charge on any atom is -0.356 e. The molecule has 2 saturated carbocycles. The van der Waals surface area contributed by atoms with Crippen molar-refractivity contribution in [1.82, 2.24) is 15.5 Å². The second kappa shape index (κ2) is 11.5. The van der Waals surface area contributed by atoms with E-state index in [2.05, 4.69) is 27.4 Å². The molecule has 3 atom stereocenters. The molecule has 3 fully saturated rings. The molecule has 6 heteroatoms. The number of carbonyl (C=O) groups excluding carboxylic acids is 1. The number of aliphatic imine (C=N–C) groups is 1. The first-order chi connectivity index (χ1) is 12.7. The molecule has 3 unspecified atom stereocenters. The summed E-state index contributed by atoms with van der Waals surface area (Å²) in [5.41, 5.74) is 0. The number of hydrogen-bond acceptors (Lipinski definition) is 2. The van der Waals surface area contributed by atoms with Crippen molar-refractivity contribution in [1.29, 1.82) is 0 Å². The standard InChI is InChI=1S/C21H38N4O.HI/c1-16-8-6-7-11-18(16)14-23-21(22-2)24-19-12-13-25(15-19)20(26)17-9-4-3-5-10-17;/h16-19H,3-15H2,1-2H3,(H2,22,23,24);1H. The number of rotatable bonds is 4. The number of nitrogens with zero attached hydrogens (tertiary/aromatic N) is 2. The van der Waals surface area contributed by atoms with Crippen molar-refractivity contribution >= 4 is 35.8 Å². The topological polar surface area (TPSA) is 56.7 Å².